The van der Waals surface area contributed by atoms with Crippen molar-refractivity contribution >= 4 is 56.5 Å². The molecule has 1 fully saturated rings. The molecular formula is C21H21Cl2N5O5S. The summed E-state index contributed by atoms with van der Waals surface area (Å²) in [5, 5.41) is 8.19. The lowest BCUT2D eigenvalue weighted by Crippen LogP contribution is -2.36. The number of aromatic nitrogens is 1. The van der Waals surface area contributed by atoms with Gasteiger partial charge in [-0.2, -0.15) is 13.5 Å². The fraction of sp³-hybridized carbons (Fsp3) is 0.333. The van der Waals surface area contributed by atoms with E-state index in [0.717, 1.165) is 12.8 Å². The van der Waals surface area contributed by atoms with Crippen molar-refractivity contribution in [2.75, 3.05) is 11.9 Å². The first kappa shape index (κ1) is 24.4. The van der Waals surface area contributed by atoms with Crippen LogP contribution in [-0.2, 0) is 14.9 Å². The van der Waals surface area contributed by atoms with Crippen molar-refractivity contribution in [2.45, 2.75) is 30.6 Å². The van der Waals surface area contributed by atoms with Gasteiger partial charge in [-0.3, -0.25) is 24.6 Å². The summed E-state index contributed by atoms with van der Waals surface area (Å²) in [5.41, 5.74) is 2.91. The molecule has 1 aromatic carbocycles. The molecule has 0 bridgehead atoms. The van der Waals surface area contributed by atoms with E-state index >= 15 is 0 Å². The van der Waals surface area contributed by atoms with Gasteiger partial charge in [-0.05, 0) is 49.1 Å². The largest absolute Gasteiger partial charge is 0.352 e. The highest BCUT2D eigenvalue weighted by molar-refractivity contribution is 7.86. The van der Waals surface area contributed by atoms with Gasteiger partial charge in [0.05, 0.1) is 27.7 Å². The van der Waals surface area contributed by atoms with Crippen LogP contribution < -0.4 is 16.1 Å². The van der Waals surface area contributed by atoms with E-state index in [1.54, 1.807) is 0 Å². The van der Waals surface area contributed by atoms with Crippen LogP contribution in [0.25, 0.3) is 0 Å². The summed E-state index contributed by atoms with van der Waals surface area (Å²) in [7, 11) is -4.68. The number of anilines is 1. The van der Waals surface area contributed by atoms with Crippen molar-refractivity contribution in [1.82, 2.24) is 15.7 Å². The predicted octanol–water partition coefficient (Wildman–Crippen LogP) is 2.81. The Balaban J connectivity index is 1.48. The number of hydrogen-bond acceptors (Lipinski definition) is 7. The van der Waals surface area contributed by atoms with Crippen molar-refractivity contribution < 1.29 is 22.6 Å². The van der Waals surface area contributed by atoms with Crippen LogP contribution in [0.2, 0.25) is 10.0 Å². The SMILES string of the molecule is O=C(NCC1CC1)c1cc(Cl)ccc1NC(=O)C1CC(C(c2ncccc2Cl)S(=O)(=O)O)=NN1. The van der Waals surface area contributed by atoms with Gasteiger partial charge in [0, 0.05) is 24.2 Å². The van der Waals surface area contributed by atoms with Crippen LogP contribution in [-0.4, -0.2) is 48.1 Å². The smallest absolute Gasteiger partial charge is 0.279 e. The number of nitrogens with one attached hydrogen (secondary N) is 3. The Bertz CT molecular complexity index is 1270. The first-order valence-corrected chi connectivity index (χ1v) is 12.7. The molecule has 2 aromatic rings. The number of carbonyl (C=O) groups is 2. The molecule has 1 aliphatic carbocycles. The van der Waals surface area contributed by atoms with Crippen LogP contribution in [0.15, 0.2) is 41.6 Å². The van der Waals surface area contributed by atoms with E-state index in [2.05, 4.69) is 26.1 Å². The Morgan fingerprint density at radius 2 is 2.00 bits per heavy atom. The Kier molecular flexibility index (Phi) is 7.08. The number of nitrogens with zero attached hydrogens (tertiary/aromatic N) is 2. The number of amides is 2. The third kappa shape index (κ3) is 5.66. The zero-order valence-electron chi connectivity index (χ0n) is 17.7. The minimum atomic E-state index is -4.68. The zero-order valence-corrected chi connectivity index (χ0v) is 20.0. The average molecular weight is 526 g/mol. The summed E-state index contributed by atoms with van der Waals surface area (Å²) >= 11 is 12.1. The minimum absolute atomic E-state index is 0.0262. The molecule has 4 N–H and O–H groups in total. The van der Waals surface area contributed by atoms with Crippen LogP contribution >= 0.6 is 23.2 Å². The predicted molar refractivity (Wildman–Crippen MR) is 128 cm³/mol. The molecule has 2 aliphatic rings. The van der Waals surface area contributed by atoms with Gasteiger partial charge in [-0.15, -0.1) is 0 Å². The molecule has 0 spiro atoms. The molecule has 2 atom stereocenters. The molecule has 10 nitrogen and oxygen atoms in total. The Morgan fingerprint density at radius 3 is 2.68 bits per heavy atom. The number of hydrogen-bond donors (Lipinski definition) is 4. The number of rotatable bonds is 8. The second-order valence-corrected chi connectivity index (χ2v) is 10.4. The van der Waals surface area contributed by atoms with Gasteiger partial charge in [0.2, 0.25) is 5.91 Å². The van der Waals surface area contributed by atoms with Crippen LogP contribution in [0.4, 0.5) is 5.69 Å². The molecule has 180 valence electrons. The molecule has 4 rings (SSSR count). The van der Waals surface area contributed by atoms with Gasteiger partial charge >= 0.3 is 0 Å². The number of pyridine rings is 1. The quantitative estimate of drug-likeness (QED) is 0.387. The second-order valence-electron chi connectivity index (χ2n) is 8.09. The topological polar surface area (TPSA) is 150 Å². The fourth-order valence-corrected chi connectivity index (χ4v) is 4.96. The molecule has 2 heterocycles. The summed E-state index contributed by atoms with van der Waals surface area (Å²) in [6.07, 6.45) is 3.34. The zero-order chi connectivity index (χ0) is 24.5. The van der Waals surface area contributed by atoms with E-state index in [0.29, 0.717) is 17.5 Å². The highest BCUT2D eigenvalue weighted by Crippen LogP contribution is 2.31. The van der Waals surface area contributed by atoms with Gasteiger partial charge < -0.3 is 10.6 Å². The number of hydrazone groups is 1. The van der Waals surface area contributed by atoms with Crippen LogP contribution in [0.1, 0.15) is 40.6 Å². The van der Waals surface area contributed by atoms with Crippen molar-refractivity contribution in [3.05, 3.63) is 57.8 Å². The molecule has 1 aliphatic heterocycles. The molecule has 0 radical (unpaired) electrons. The minimum Gasteiger partial charge on any atom is -0.352 e. The van der Waals surface area contributed by atoms with Crippen LogP contribution in [0.5, 0.6) is 0 Å². The van der Waals surface area contributed by atoms with Gasteiger partial charge in [0.15, 0.2) is 5.25 Å². The number of halogens is 2. The fourth-order valence-electron chi connectivity index (χ4n) is 3.53. The van der Waals surface area contributed by atoms with E-state index in [4.69, 9.17) is 23.2 Å². The lowest BCUT2D eigenvalue weighted by molar-refractivity contribution is -0.117. The lowest BCUT2D eigenvalue weighted by atomic mass is 10.1. The third-order valence-electron chi connectivity index (χ3n) is 5.46. The number of carbonyl (C=O) groups excluding carboxylic acids is 2. The maximum absolute atomic E-state index is 12.9. The highest BCUT2D eigenvalue weighted by Gasteiger charge is 2.39. The van der Waals surface area contributed by atoms with E-state index in [-0.39, 0.29) is 40.0 Å². The van der Waals surface area contributed by atoms with E-state index in [1.165, 1.54) is 36.5 Å². The van der Waals surface area contributed by atoms with Crippen molar-refractivity contribution in [2.24, 2.45) is 11.0 Å². The Hall–Kier alpha value is -2.73. The molecule has 0 saturated heterocycles. The monoisotopic (exact) mass is 525 g/mol. The van der Waals surface area contributed by atoms with E-state index in [1.807, 2.05) is 0 Å². The van der Waals surface area contributed by atoms with Crippen molar-refractivity contribution in [3.8, 4) is 0 Å². The molecule has 2 unspecified atom stereocenters. The van der Waals surface area contributed by atoms with Gasteiger partial charge in [0.1, 0.15) is 6.04 Å². The van der Waals surface area contributed by atoms with Gasteiger partial charge in [-0.25, -0.2) is 0 Å². The van der Waals surface area contributed by atoms with Crippen LogP contribution in [0, 0.1) is 5.92 Å². The first-order chi connectivity index (χ1) is 16.1. The maximum Gasteiger partial charge on any atom is 0.279 e. The van der Waals surface area contributed by atoms with Crippen LogP contribution in [0.3, 0.4) is 0 Å². The average Bonchev–Trinajstić information content (AvgIpc) is 3.49. The lowest BCUT2D eigenvalue weighted by Gasteiger charge is -2.16. The summed E-state index contributed by atoms with van der Waals surface area (Å²) < 4.78 is 34.0. The molecule has 1 saturated carbocycles. The maximum atomic E-state index is 12.9. The summed E-state index contributed by atoms with van der Waals surface area (Å²) in [6.45, 7) is 0.549. The Morgan fingerprint density at radius 1 is 1.24 bits per heavy atom. The highest BCUT2D eigenvalue weighted by atomic mass is 35.5. The third-order valence-corrected chi connectivity index (χ3v) is 7.11. The van der Waals surface area contributed by atoms with E-state index < -0.39 is 27.3 Å². The molecule has 34 heavy (non-hydrogen) atoms. The molecule has 2 amide bonds. The summed E-state index contributed by atoms with van der Waals surface area (Å²) in [6, 6.07) is 6.50. The standard InChI is InChI=1S/C21H21Cl2N5O5S/c22-12-5-6-15(13(8-12)20(29)25-10-11-3-4-11)26-21(30)17-9-16(27-28-17)19(34(31,32)33)18-14(23)2-1-7-24-18/h1-2,5-8,11,17,19,28H,3-4,9-10H2,(H,25,29)(H,26,30)(H,31,32,33). The number of benzene rings is 1. The van der Waals surface area contributed by atoms with Crippen molar-refractivity contribution in [3.63, 3.8) is 0 Å². The van der Waals surface area contributed by atoms with Gasteiger partial charge in [-0.1, -0.05) is 23.2 Å². The summed E-state index contributed by atoms with van der Waals surface area (Å²) in [4.78, 5) is 29.5. The van der Waals surface area contributed by atoms with Crippen molar-refractivity contribution in [1.29, 1.82) is 0 Å². The normalized spacial score (nSPS) is 18.6. The van der Waals surface area contributed by atoms with Gasteiger partial charge in [0.25, 0.3) is 16.0 Å². The van der Waals surface area contributed by atoms with E-state index in [9.17, 15) is 22.6 Å². The first-order valence-electron chi connectivity index (χ1n) is 10.4. The molecule has 1 aromatic heterocycles. The Labute approximate surface area is 205 Å². The molecule has 13 heteroatoms. The molecular weight excluding hydrogens is 505 g/mol. The second kappa shape index (κ2) is 9.87. The summed E-state index contributed by atoms with van der Waals surface area (Å²) in [5.74, 6) is -0.446.